The van der Waals surface area contributed by atoms with Gasteiger partial charge in [0.1, 0.15) is 22.8 Å². The molecular formula is C23H27N3O7. The van der Waals surface area contributed by atoms with Gasteiger partial charge in [0.05, 0.1) is 11.6 Å². The number of aromatic hydroxyl groups is 1. The summed E-state index contributed by atoms with van der Waals surface area (Å²) in [5, 5.41) is 47.0. The van der Waals surface area contributed by atoms with Gasteiger partial charge in [0.25, 0.3) is 5.91 Å². The number of hydrogen-bond acceptors (Lipinski definition) is 9. The van der Waals surface area contributed by atoms with Gasteiger partial charge in [-0.05, 0) is 57.5 Å². The van der Waals surface area contributed by atoms with Crippen LogP contribution in [0.15, 0.2) is 29.0 Å². The molecule has 4 atom stereocenters. The van der Waals surface area contributed by atoms with E-state index in [1.165, 1.54) is 11.0 Å². The molecule has 1 saturated carbocycles. The Labute approximate surface area is 190 Å². The molecule has 33 heavy (non-hydrogen) atoms. The van der Waals surface area contributed by atoms with Crippen LogP contribution in [-0.2, 0) is 20.8 Å². The van der Waals surface area contributed by atoms with E-state index < -0.39 is 58.0 Å². The van der Waals surface area contributed by atoms with E-state index in [4.69, 9.17) is 5.73 Å². The molecule has 0 aliphatic heterocycles. The van der Waals surface area contributed by atoms with Crippen LogP contribution in [0.2, 0.25) is 0 Å². The van der Waals surface area contributed by atoms with E-state index in [0.29, 0.717) is 17.8 Å². The number of nitrogens with one attached hydrogen (secondary N) is 1. The Kier molecular flexibility index (Phi) is 5.25. The minimum Gasteiger partial charge on any atom is -0.508 e. The topological polar surface area (TPSA) is 173 Å². The molecule has 0 saturated heterocycles. The number of benzene rings is 1. The smallest absolute Gasteiger partial charge is 0.255 e. The summed E-state index contributed by atoms with van der Waals surface area (Å²) < 4.78 is 0. The Morgan fingerprint density at radius 1 is 1.24 bits per heavy atom. The highest BCUT2D eigenvalue weighted by atomic mass is 16.3. The Balaban J connectivity index is 1.97. The van der Waals surface area contributed by atoms with Crippen LogP contribution >= 0.6 is 0 Å². The van der Waals surface area contributed by atoms with Crippen LogP contribution in [0, 0.1) is 11.8 Å². The summed E-state index contributed by atoms with van der Waals surface area (Å²) in [4.78, 5) is 40.1. The van der Waals surface area contributed by atoms with E-state index in [2.05, 4.69) is 5.32 Å². The first-order valence-corrected chi connectivity index (χ1v) is 10.7. The summed E-state index contributed by atoms with van der Waals surface area (Å²) in [7, 11) is 3.13. The average molecular weight is 457 g/mol. The molecule has 7 N–H and O–H groups in total. The van der Waals surface area contributed by atoms with Crippen LogP contribution < -0.4 is 11.1 Å². The third kappa shape index (κ3) is 2.97. The second kappa shape index (κ2) is 7.60. The maximum absolute atomic E-state index is 13.7. The zero-order valence-corrected chi connectivity index (χ0v) is 18.5. The lowest BCUT2D eigenvalue weighted by atomic mass is 9.57. The molecule has 176 valence electrons. The molecule has 3 aliphatic rings. The van der Waals surface area contributed by atoms with Crippen LogP contribution in [0.3, 0.4) is 0 Å². The number of amides is 1. The first-order chi connectivity index (χ1) is 15.5. The standard InChI is InChI=1S/C23H27N3O7/c1-4-25-12-5-6-13(27)15-10(12)7-9-8-11-17(26(2)3)19(29)16(22(24)32)21(31)23(11,33)20(30)14(9)18(15)28/h5-6,9,11,17,25,27-28,31,33H,4,7-8H2,1-3H3,(H2,24,32)/t9-,11-,17-,23-/m0/s1. The van der Waals surface area contributed by atoms with E-state index in [-0.39, 0.29) is 29.7 Å². The molecule has 1 aromatic carbocycles. The SMILES string of the molecule is CCNc1ccc(O)c2c1C[C@H]1C[C@H]3[C@H](N(C)C)C(=O)C(C(N)=O)=C(O)[C@@]3(O)C(=O)C1=C2O. The highest BCUT2D eigenvalue weighted by molar-refractivity contribution is 6.24. The summed E-state index contributed by atoms with van der Waals surface area (Å²) >= 11 is 0. The number of hydrogen-bond donors (Lipinski definition) is 6. The molecular weight excluding hydrogens is 430 g/mol. The molecule has 0 aromatic heterocycles. The Hall–Kier alpha value is -3.37. The summed E-state index contributed by atoms with van der Waals surface area (Å²) in [5.41, 5.74) is 3.07. The van der Waals surface area contributed by atoms with E-state index in [1.807, 2.05) is 6.92 Å². The number of ketones is 2. The van der Waals surface area contributed by atoms with Crippen molar-refractivity contribution in [3.8, 4) is 5.75 Å². The molecule has 10 nitrogen and oxygen atoms in total. The van der Waals surface area contributed by atoms with Crippen LogP contribution in [0.4, 0.5) is 5.69 Å². The Morgan fingerprint density at radius 2 is 1.91 bits per heavy atom. The lowest BCUT2D eigenvalue weighted by Crippen LogP contribution is -2.65. The number of anilines is 1. The van der Waals surface area contributed by atoms with Crippen molar-refractivity contribution in [2.75, 3.05) is 26.0 Å². The van der Waals surface area contributed by atoms with Crippen LogP contribution in [-0.4, -0.2) is 75.1 Å². The maximum Gasteiger partial charge on any atom is 0.255 e. The lowest BCUT2D eigenvalue weighted by Gasteiger charge is -2.50. The second-order valence-electron chi connectivity index (χ2n) is 8.98. The Bertz CT molecular complexity index is 1150. The number of nitrogens with two attached hydrogens (primary N) is 1. The van der Waals surface area contributed by atoms with Gasteiger partial charge in [0.2, 0.25) is 5.78 Å². The number of carbonyl (C=O) groups is 3. The monoisotopic (exact) mass is 457 g/mol. The third-order valence-corrected chi connectivity index (χ3v) is 6.97. The number of carbonyl (C=O) groups excluding carboxylic acids is 3. The molecule has 10 heteroatoms. The van der Waals surface area contributed by atoms with Gasteiger partial charge in [-0.1, -0.05) is 0 Å². The fourth-order valence-electron chi connectivity index (χ4n) is 5.60. The number of Topliss-reactive ketones (excluding diaryl/α,β-unsaturated/α-hetero) is 2. The van der Waals surface area contributed by atoms with Gasteiger partial charge in [0, 0.05) is 23.7 Å². The van der Waals surface area contributed by atoms with E-state index in [1.54, 1.807) is 20.2 Å². The summed E-state index contributed by atoms with van der Waals surface area (Å²) in [6, 6.07) is 1.97. The van der Waals surface area contributed by atoms with Crippen molar-refractivity contribution in [2.24, 2.45) is 17.6 Å². The maximum atomic E-state index is 13.7. The van der Waals surface area contributed by atoms with E-state index in [0.717, 1.165) is 0 Å². The fourth-order valence-corrected chi connectivity index (χ4v) is 5.60. The zero-order valence-electron chi connectivity index (χ0n) is 18.5. The number of nitrogens with zero attached hydrogens (tertiary/aromatic N) is 1. The summed E-state index contributed by atoms with van der Waals surface area (Å²) in [6.07, 6.45) is 0.318. The minimum atomic E-state index is -2.63. The van der Waals surface area contributed by atoms with Crippen molar-refractivity contribution >= 4 is 28.9 Å². The first-order valence-electron chi connectivity index (χ1n) is 10.7. The molecule has 4 rings (SSSR count). The van der Waals surface area contributed by atoms with E-state index >= 15 is 0 Å². The quantitative estimate of drug-likeness (QED) is 0.276. The van der Waals surface area contributed by atoms with Gasteiger partial charge >= 0.3 is 0 Å². The predicted molar refractivity (Wildman–Crippen MR) is 118 cm³/mol. The largest absolute Gasteiger partial charge is 0.508 e. The van der Waals surface area contributed by atoms with Crippen molar-refractivity contribution in [1.29, 1.82) is 0 Å². The van der Waals surface area contributed by atoms with E-state index in [9.17, 15) is 34.8 Å². The lowest BCUT2D eigenvalue weighted by molar-refractivity contribution is -0.153. The van der Waals surface area contributed by atoms with Crippen LogP contribution in [0.5, 0.6) is 5.75 Å². The van der Waals surface area contributed by atoms with Crippen LogP contribution in [0.1, 0.15) is 24.5 Å². The number of rotatable bonds is 4. The molecule has 0 bridgehead atoms. The van der Waals surface area contributed by atoms with Gasteiger partial charge in [-0.3, -0.25) is 19.3 Å². The molecule has 1 amide bonds. The fraction of sp³-hybridized carbons (Fsp3) is 0.435. The van der Waals surface area contributed by atoms with Crippen molar-refractivity contribution < 1.29 is 34.8 Å². The molecule has 0 heterocycles. The number of phenols is 1. The number of primary amides is 1. The van der Waals surface area contributed by atoms with Crippen molar-refractivity contribution in [3.05, 3.63) is 40.2 Å². The highest BCUT2D eigenvalue weighted by Gasteiger charge is 2.64. The van der Waals surface area contributed by atoms with Gasteiger partial charge in [-0.25, -0.2) is 0 Å². The molecule has 0 radical (unpaired) electrons. The molecule has 1 fully saturated rings. The predicted octanol–water partition coefficient (Wildman–Crippen LogP) is 0.396. The summed E-state index contributed by atoms with van der Waals surface area (Å²) in [5.74, 6) is -6.55. The third-order valence-electron chi connectivity index (χ3n) is 6.97. The van der Waals surface area contributed by atoms with Gasteiger partial charge in [-0.2, -0.15) is 0 Å². The number of aliphatic hydroxyl groups excluding tert-OH is 2. The van der Waals surface area contributed by atoms with Crippen molar-refractivity contribution in [3.63, 3.8) is 0 Å². The number of phenolic OH excluding ortho intramolecular Hbond substituents is 1. The Morgan fingerprint density at radius 3 is 2.48 bits per heavy atom. The number of likely N-dealkylation sites (N-methyl/N-ethyl adjacent to an activating group) is 1. The zero-order chi connectivity index (χ0) is 24.4. The first kappa shape index (κ1) is 22.8. The minimum absolute atomic E-state index is 0.0625. The van der Waals surface area contributed by atoms with Gasteiger partial charge in [0.15, 0.2) is 11.4 Å². The second-order valence-corrected chi connectivity index (χ2v) is 8.98. The molecule has 0 spiro atoms. The number of aliphatic hydroxyl groups is 3. The van der Waals surface area contributed by atoms with Crippen molar-refractivity contribution in [1.82, 2.24) is 4.90 Å². The molecule has 1 aromatic rings. The van der Waals surface area contributed by atoms with Gasteiger partial charge < -0.3 is 31.5 Å². The normalized spacial score (nSPS) is 29.1. The molecule has 0 unspecified atom stereocenters. The summed E-state index contributed by atoms with van der Waals surface area (Å²) in [6.45, 7) is 2.49. The molecule has 3 aliphatic carbocycles. The average Bonchev–Trinajstić information content (AvgIpc) is 2.72. The van der Waals surface area contributed by atoms with Gasteiger partial charge in [-0.15, -0.1) is 0 Å². The highest BCUT2D eigenvalue weighted by Crippen LogP contribution is 2.53. The number of fused-ring (bicyclic) bond motifs is 3. The van der Waals surface area contributed by atoms with Crippen LogP contribution in [0.25, 0.3) is 5.76 Å². The van der Waals surface area contributed by atoms with Crippen molar-refractivity contribution in [2.45, 2.75) is 31.4 Å².